The first kappa shape index (κ1) is 13.1. The number of ether oxygens (including phenoxy) is 1. The largest absolute Gasteiger partial charge is 0.378 e. The van der Waals surface area contributed by atoms with Crippen molar-refractivity contribution in [2.24, 2.45) is 5.92 Å². The molecule has 0 N–H and O–H groups in total. The number of benzene rings is 1. The van der Waals surface area contributed by atoms with Gasteiger partial charge in [0.15, 0.2) is 0 Å². The number of carbonyl (C=O) groups is 2. The molecule has 20 heavy (non-hydrogen) atoms. The Balaban J connectivity index is 1.68. The van der Waals surface area contributed by atoms with Gasteiger partial charge >= 0.3 is 0 Å². The first-order valence-corrected chi connectivity index (χ1v) is 6.97. The lowest BCUT2D eigenvalue weighted by atomic mass is 10.1. The lowest BCUT2D eigenvalue weighted by Crippen LogP contribution is -2.44. The number of morpholine rings is 1. The summed E-state index contributed by atoms with van der Waals surface area (Å²) in [6, 6.07) is 9.53. The molecule has 106 valence electrons. The van der Waals surface area contributed by atoms with Gasteiger partial charge in [-0.25, -0.2) is 0 Å². The van der Waals surface area contributed by atoms with E-state index in [1.54, 1.807) is 4.90 Å². The molecule has 2 amide bonds. The van der Waals surface area contributed by atoms with Crippen LogP contribution in [0.4, 0.5) is 5.69 Å². The third kappa shape index (κ3) is 2.54. The Kier molecular flexibility index (Phi) is 3.69. The summed E-state index contributed by atoms with van der Waals surface area (Å²) >= 11 is 0. The van der Waals surface area contributed by atoms with Crippen LogP contribution in [0, 0.1) is 5.92 Å². The molecule has 2 aliphatic rings. The second kappa shape index (κ2) is 5.63. The molecule has 5 nitrogen and oxygen atoms in total. The van der Waals surface area contributed by atoms with Crippen LogP contribution in [0.1, 0.15) is 6.42 Å². The molecule has 0 bridgehead atoms. The Morgan fingerprint density at radius 3 is 2.55 bits per heavy atom. The Morgan fingerprint density at radius 2 is 1.85 bits per heavy atom. The van der Waals surface area contributed by atoms with E-state index in [2.05, 4.69) is 0 Å². The maximum absolute atomic E-state index is 12.4. The van der Waals surface area contributed by atoms with Gasteiger partial charge in [-0.1, -0.05) is 18.2 Å². The van der Waals surface area contributed by atoms with Crippen LogP contribution in [0.25, 0.3) is 0 Å². The van der Waals surface area contributed by atoms with Crippen molar-refractivity contribution in [3.63, 3.8) is 0 Å². The van der Waals surface area contributed by atoms with Crippen molar-refractivity contribution in [3.05, 3.63) is 30.3 Å². The number of para-hydroxylation sites is 1. The highest BCUT2D eigenvalue weighted by molar-refractivity contribution is 6.00. The molecule has 0 spiro atoms. The molecule has 1 atom stereocenters. The normalized spacial score (nSPS) is 23.2. The quantitative estimate of drug-likeness (QED) is 0.805. The zero-order valence-electron chi connectivity index (χ0n) is 11.3. The molecule has 0 saturated carbocycles. The highest BCUT2D eigenvalue weighted by Gasteiger charge is 2.37. The van der Waals surface area contributed by atoms with Crippen molar-refractivity contribution in [2.45, 2.75) is 6.42 Å². The van der Waals surface area contributed by atoms with Gasteiger partial charge in [-0.2, -0.15) is 0 Å². The number of hydrogen-bond donors (Lipinski definition) is 0. The van der Waals surface area contributed by atoms with Crippen LogP contribution in [0.2, 0.25) is 0 Å². The van der Waals surface area contributed by atoms with Crippen LogP contribution in [0.3, 0.4) is 0 Å². The average molecular weight is 274 g/mol. The molecule has 1 aromatic carbocycles. The summed E-state index contributed by atoms with van der Waals surface area (Å²) in [7, 11) is 0. The van der Waals surface area contributed by atoms with Gasteiger partial charge in [0.25, 0.3) is 0 Å². The van der Waals surface area contributed by atoms with E-state index in [1.807, 2.05) is 35.2 Å². The van der Waals surface area contributed by atoms with Crippen molar-refractivity contribution in [1.29, 1.82) is 0 Å². The SMILES string of the molecule is O=C([C@H]1CC(=O)N(c2ccccc2)C1)N1CCOCC1. The smallest absolute Gasteiger partial charge is 0.228 e. The van der Waals surface area contributed by atoms with Gasteiger partial charge in [0, 0.05) is 31.7 Å². The summed E-state index contributed by atoms with van der Waals surface area (Å²) in [5, 5.41) is 0. The molecule has 2 saturated heterocycles. The van der Waals surface area contributed by atoms with Crippen molar-refractivity contribution in [2.75, 3.05) is 37.7 Å². The summed E-state index contributed by atoms with van der Waals surface area (Å²) in [4.78, 5) is 28.0. The predicted octanol–water partition coefficient (Wildman–Crippen LogP) is 0.898. The fourth-order valence-electron chi connectivity index (χ4n) is 2.77. The minimum atomic E-state index is -0.221. The van der Waals surface area contributed by atoms with Gasteiger partial charge in [0.2, 0.25) is 11.8 Å². The van der Waals surface area contributed by atoms with E-state index in [1.165, 1.54) is 0 Å². The van der Waals surface area contributed by atoms with Crippen molar-refractivity contribution >= 4 is 17.5 Å². The molecule has 0 aromatic heterocycles. The maximum atomic E-state index is 12.4. The third-order valence-electron chi connectivity index (χ3n) is 3.86. The van der Waals surface area contributed by atoms with Gasteiger partial charge < -0.3 is 14.5 Å². The minimum absolute atomic E-state index is 0.0304. The monoisotopic (exact) mass is 274 g/mol. The highest BCUT2D eigenvalue weighted by atomic mass is 16.5. The Morgan fingerprint density at radius 1 is 1.15 bits per heavy atom. The predicted molar refractivity (Wildman–Crippen MR) is 74.3 cm³/mol. The molecular formula is C15H18N2O3. The lowest BCUT2D eigenvalue weighted by molar-refractivity contribution is -0.139. The van der Waals surface area contributed by atoms with Crippen LogP contribution in [0.5, 0.6) is 0 Å². The number of anilines is 1. The molecule has 2 aliphatic heterocycles. The lowest BCUT2D eigenvalue weighted by Gasteiger charge is -2.29. The zero-order valence-corrected chi connectivity index (χ0v) is 11.3. The second-order valence-corrected chi connectivity index (χ2v) is 5.18. The summed E-state index contributed by atoms with van der Waals surface area (Å²) in [6.07, 6.45) is 0.311. The molecule has 2 fully saturated rings. The van der Waals surface area contributed by atoms with Gasteiger partial charge in [0.1, 0.15) is 0 Å². The highest BCUT2D eigenvalue weighted by Crippen LogP contribution is 2.26. The molecule has 0 radical (unpaired) electrons. The first-order chi connectivity index (χ1) is 9.75. The summed E-state index contributed by atoms with van der Waals surface area (Å²) in [5.41, 5.74) is 0.870. The molecule has 0 unspecified atom stereocenters. The topological polar surface area (TPSA) is 49.9 Å². The number of amides is 2. The number of nitrogens with zero attached hydrogens (tertiary/aromatic N) is 2. The van der Waals surface area contributed by atoms with E-state index < -0.39 is 0 Å². The fraction of sp³-hybridized carbons (Fsp3) is 0.467. The second-order valence-electron chi connectivity index (χ2n) is 5.18. The number of hydrogen-bond acceptors (Lipinski definition) is 3. The van der Waals surface area contributed by atoms with Gasteiger partial charge in [0.05, 0.1) is 19.1 Å². The minimum Gasteiger partial charge on any atom is -0.378 e. The van der Waals surface area contributed by atoms with E-state index in [0.717, 1.165) is 5.69 Å². The van der Waals surface area contributed by atoms with Crippen LogP contribution < -0.4 is 4.90 Å². The van der Waals surface area contributed by atoms with Crippen molar-refractivity contribution in [3.8, 4) is 0 Å². The Bertz CT molecular complexity index is 497. The number of rotatable bonds is 2. The summed E-state index contributed by atoms with van der Waals surface area (Å²) in [6.45, 7) is 2.94. The van der Waals surface area contributed by atoms with Gasteiger partial charge in [-0.15, -0.1) is 0 Å². The van der Waals surface area contributed by atoms with E-state index in [0.29, 0.717) is 39.3 Å². The first-order valence-electron chi connectivity index (χ1n) is 6.97. The van der Waals surface area contributed by atoms with Crippen molar-refractivity contribution < 1.29 is 14.3 Å². The van der Waals surface area contributed by atoms with Gasteiger partial charge in [-0.05, 0) is 12.1 Å². The van der Waals surface area contributed by atoms with Crippen molar-refractivity contribution in [1.82, 2.24) is 4.90 Å². The van der Waals surface area contributed by atoms with E-state index in [4.69, 9.17) is 4.74 Å². The maximum Gasteiger partial charge on any atom is 0.228 e. The zero-order chi connectivity index (χ0) is 13.9. The molecular weight excluding hydrogens is 256 g/mol. The van der Waals surface area contributed by atoms with Crippen LogP contribution in [-0.4, -0.2) is 49.6 Å². The van der Waals surface area contributed by atoms with Crippen LogP contribution in [-0.2, 0) is 14.3 Å². The van der Waals surface area contributed by atoms with Gasteiger partial charge in [-0.3, -0.25) is 9.59 Å². The van der Waals surface area contributed by atoms with Crippen LogP contribution >= 0.6 is 0 Å². The molecule has 1 aromatic rings. The molecule has 2 heterocycles. The molecule has 0 aliphatic carbocycles. The van der Waals surface area contributed by atoms with E-state index in [9.17, 15) is 9.59 Å². The molecule has 5 heteroatoms. The van der Waals surface area contributed by atoms with Crippen LogP contribution in [0.15, 0.2) is 30.3 Å². The van der Waals surface area contributed by atoms with E-state index in [-0.39, 0.29) is 17.7 Å². The Labute approximate surface area is 118 Å². The standard InChI is InChI=1S/C15H18N2O3/c18-14-10-12(15(19)16-6-8-20-9-7-16)11-17(14)13-4-2-1-3-5-13/h1-5,12H,6-11H2/t12-/m0/s1. The summed E-state index contributed by atoms with van der Waals surface area (Å²) in [5.74, 6) is -0.108. The number of carbonyl (C=O) groups excluding carboxylic acids is 2. The summed E-state index contributed by atoms with van der Waals surface area (Å²) < 4.78 is 5.25. The third-order valence-corrected chi connectivity index (χ3v) is 3.86. The molecule has 3 rings (SSSR count). The fourth-order valence-corrected chi connectivity index (χ4v) is 2.77. The Hall–Kier alpha value is -1.88. The average Bonchev–Trinajstić information content (AvgIpc) is 2.90. The van der Waals surface area contributed by atoms with E-state index >= 15 is 0 Å².